The van der Waals surface area contributed by atoms with Crippen LogP contribution < -0.4 is 0 Å². The molecule has 2 heterocycles. The maximum Gasteiger partial charge on any atom is 0.260 e. The molecule has 1 fully saturated rings. The van der Waals surface area contributed by atoms with Gasteiger partial charge < -0.3 is 5.11 Å². The molecule has 0 atom stereocenters. The molecule has 3 rings (SSSR count). The number of sulfonamides is 1. The number of benzene rings is 1. The van der Waals surface area contributed by atoms with Crippen LogP contribution in [0.4, 0.5) is 0 Å². The Morgan fingerprint density at radius 1 is 1.17 bits per heavy atom. The van der Waals surface area contributed by atoms with E-state index in [0.717, 1.165) is 18.4 Å². The molecule has 0 aliphatic carbocycles. The highest BCUT2D eigenvalue weighted by molar-refractivity contribution is 7.89. The van der Waals surface area contributed by atoms with E-state index >= 15 is 0 Å². The zero-order valence-electron chi connectivity index (χ0n) is 13.3. The van der Waals surface area contributed by atoms with Gasteiger partial charge in [-0.1, -0.05) is 12.1 Å². The number of nitrogens with zero attached hydrogens (tertiary/aromatic N) is 3. The molecular formula is C16H21N3O3S. The van der Waals surface area contributed by atoms with Crippen molar-refractivity contribution in [3.63, 3.8) is 0 Å². The van der Waals surface area contributed by atoms with Crippen molar-refractivity contribution in [1.82, 2.24) is 14.1 Å². The molecule has 0 bridgehead atoms. The van der Waals surface area contributed by atoms with E-state index in [2.05, 4.69) is 5.10 Å². The number of phenolic OH excluding ortho intramolecular Hbond substituents is 1. The molecule has 1 aliphatic rings. The first-order chi connectivity index (χ1) is 10.9. The Morgan fingerprint density at radius 2 is 1.78 bits per heavy atom. The highest BCUT2D eigenvalue weighted by Gasteiger charge is 2.32. The van der Waals surface area contributed by atoms with Crippen molar-refractivity contribution in [3.8, 4) is 5.75 Å². The predicted molar refractivity (Wildman–Crippen MR) is 86.8 cm³/mol. The summed E-state index contributed by atoms with van der Waals surface area (Å²) in [5.41, 5.74) is 1.82. The summed E-state index contributed by atoms with van der Waals surface area (Å²) in [6.07, 6.45) is 3.14. The molecular weight excluding hydrogens is 314 g/mol. The zero-order valence-corrected chi connectivity index (χ0v) is 14.1. The standard InChI is InChI=1S/C16H21N3O3S/c1-12-11-17-18(2)16(12)23(21,22)19-9-7-14(8-10-19)13-3-5-15(20)6-4-13/h3-6,11,14,20H,7-10H2,1-2H3. The van der Waals surface area contributed by atoms with E-state index in [0.29, 0.717) is 24.6 Å². The molecule has 1 N–H and O–H groups in total. The Balaban J connectivity index is 1.75. The van der Waals surface area contributed by atoms with Gasteiger partial charge >= 0.3 is 0 Å². The van der Waals surface area contributed by atoms with Crippen molar-refractivity contribution >= 4 is 10.0 Å². The minimum Gasteiger partial charge on any atom is -0.508 e. The van der Waals surface area contributed by atoms with Crippen molar-refractivity contribution in [2.24, 2.45) is 7.05 Å². The van der Waals surface area contributed by atoms with Gasteiger partial charge in [0.05, 0.1) is 6.20 Å². The van der Waals surface area contributed by atoms with Crippen LogP contribution in [0, 0.1) is 6.92 Å². The lowest BCUT2D eigenvalue weighted by Gasteiger charge is -2.31. The summed E-state index contributed by atoms with van der Waals surface area (Å²) < 4.78 is 28.6. The molecule has 1 aliphatic heterocycles. The third-order valence-corrected chi connectivity index (χ3v) is 6.58. The molecule has 6 nitrogen and oxygen atoms in total. The Labute approximate surface area is 136 Å². The van der Waals surface area contributed by atoms with E-state index in [4.69, 9.17) is 0 Å². The zero-order chi connectivity index (χ0) is 16.6. The number of aromatic nitrogens is 2. The van der Waals surface area contributed by atoms with Crippen LogP contribution in [0.1, 0.15) is 29.9 Å². The fourth-order valence-corrected chi connectivity index (χ4v) is 4.98. The lowest BCUT2D eigenvalue weighted by molar-refractivity contribution is 0.317. The highest BCUT2D eigenvalue weighted by Crippen LogP contribution is 2.31. The van der Waals surface area contributed by atoms with Crippen molar-refractivity contribution in [2.75, 3.05) is 13.1 Å². The van der Waals surface area contributed by atoms with E-state index in [1.54, 1.807) is 36.6 Å². The lowest BCUT2D eigenvalue weighted by Crippen LogP contribution is -2.38. The van der Waals surface area contributed by atoms with Gasteiger partial charge in [-0.15, -0.1) is 0 Å². The number of phenols is 1. The molecule has 0 radical (unpaired) electrons. The maximum atomic E-state index is 12.8. The van der Waals surface area contributed by atoms with Gasteiger partial charge in [0.25, 0.3) is 10.0 Å². The van der Waals surface area contributed by atoms with Crippen molar-refractivity contribution in [3.05, 3.63) is 41.6 Å². The van der Waals surface area contributed by atoms with Crippen LogP contribution in [0.3, 0.4) is 0 Å². The summed E-state index contributed by atoms with van der Waals surface area (Å²) >= 11 is 0. The number of hydrogen-bond donors (Lipinski definition) is 1. The second-order valence-corrected chi connectivity index (χ2v) is 7.88. The van der Waals surface area contributed by atoms with Gasteiger partial charge in [-0.25, -0.2) is 8.42 Å². The van der Waals surface area contributed by atoms with Crippen LogP contribution in [0.25, 0.3) is 0 Å². The molecule has 1 aromatic carbocycles. The highest BCUT2D eigenvalue weighted by atomic mass is 32.2. The van der Waals surface area contributed by atoms with Gasteiger partial charge in [-0.05, 0) is 43.4 Å². The quantitative estimate of drug-likeness (QED) is 0.931. The monoisotopic (exact) mass is 335 g/mol. The summed E-state index contributed by atoms with van der Waals surface area (Å²) in [6, 6.07) is 7.18. The molecule has 0 spiro atoms. The molecule has 2 aromatic rings. The van der Waals surface area contributed by atoms with Gasteiger partial charge in [0.2, 0.25) is 0 Å². The largest absolute Gasteiger partial charge is 0.508 e. The van der Waals surface area contributed by atoms with Gasteiger partial charge in [0.1, 0.15) is 5.75 Å². The van der Waals surface area contributed by atoms with Crippen LogP contribution in [-0.4, -0.2) is 40.7 Å². The van der Waals surface area contributed by atoms with Gasteiger partial charge in [-0.3, -0.25) is 4.68 Å². The molecule has 23 heavy (non-hydrogen) atoms. The smallest absolute Gasteiger partial charge is 0.260 e. The summed E-state index contributed by atoms with van der Waals surface area (Å²) in [6.45, 7) is 2.76. The Bertz CT molecular complexity index is 769. The Morgan fingerprint density at radius 3 is 2.30 bits per heavy atom. The van der Waals surface area contributed by atoms with Crippen molar-refractivity contribution in [1.29, 1.82) is 0 Å². The van der Waals surface area contributed by atoms with Gasteiger partial charge in [-0.2, -0.15) is 9.40 Å². The van der Waals surface area contributed by atoms with E-state index in [9.17, 15) is 13.5 Å². The second-order valence-electron chi connectivity index (χ2n) is 6.03. The minimum absolute atomic E-state index is 0.250. The van der Waals surface area contributed by atoms with Crippen molar-refractivity contribution < 1.29 is 13.5 Å². The molecule has 0 unspecified atom stereocenters. The Hall–Kier alpha value is -1.86. The van der Waals surface area contributed by atoms with Crippen LogP contribution in [0.15, 0.2) is 35.5 Å². The van der Waals surface area contributed by atoms with Crippen LogP contribution in [-0.2, 0) is 17.1 Å². The maximum absolute atomic E-state index is 12.8. The first-order valence-corrected chi connectivity index (χ1v) is 9.11. The van der Waals surface area contributed by atoms with Gasteiger partial charge in [0.15, 0.2) is 5.03 Å². The average Bonchev–Trinajstić information content (AvgIpc) is 2.88. The minimum atomic E-state index is -3.50. The molecule has 1 aromatic heterocycles. The normalized spacial score (nSPS) is 17.5. The molecule has 0 amide bonds. The topological polar surface area (TPSA) is 75.4 Å². The third kappa shape index (κ3) is 2.98. The fraction of sp³-hybridized carbons (Fsp3) is 0.438. The van der Waals surface area contributed by atoms with Gasteiger partial charge in [0, 0.05) is 25.7 Å². The number of aromatic hydroxyl groups is 1. The van der Waals surface area contributed by atoms with E-state index in [-0.39, 0.29) is 10.8 Å². The van der Waals surface area contributed by atoms with Crippen LogP contribution >= 0.6 is 0 Å². The fourth-order valence-electron chi connectivity index (χ4n) is 3.20. The average molecular weight is 335 g/mol. The summed E-state index contributed by atoms with van der Waals surface area (Å²) in [5, 5.41) is 13.7. The number of hydrogen-bond acceptors (Lipinski definition) is 4. The summed E-state index contributed by atoms with van der Waals surface area (Å²) in [7, 11) is -1.84. The van der Waals surface area contributed by atoms with Crippen LogP contribution in [0.2, 0.25) is 0 Å². The second kappa shape index (κ2) is 5.98. The van der Waals surface area contributed by atoms with Crippen LogP contribution in [0.5, 0.6) is 5.75 Å². The van der Waals surface area contributed by atoms with E-state index in [1.807, 2.05) is 12.1 Å². The van der Waals surface area contributed by atoms with E-state index in [1.165, 1.54) is 4.68 Å². The molecule has 124 valence electrons. The number of rotatable bonds is 3. The summed E-state index contributed by atoms with van der Waals surface area (Å²) in [5.74, 6) is 0.579. The lowest BCUT2D eigenvalue weighted by atomic mass is 9.90. The summed E-state index contributed by atoms with van der Waals surface area (Å²) in [4.78, 5) is 0. The first kappa shape index (κ1) is 16.0. The first-order valence-electron chi connectivity index (χ1n) is 7.67. The molecule has 0 saturated carbocycles. The number of aryl methyl sites for hydroxylation is 2. The Kier molecular flexibility index (Phi) is 4.16. The third-order valence-electron chi connectivity index (χ3n) is 4.46. The van der Waals surface area contributed by atoms with E-state index < -0.39 is 10.0 Å². The molecule has 7 heteroatoms. The van der Waals surface area contributed by atoms with Crippen molar-refractivity contribution in [2.45, 2.75) is 30.7 Å². The predicted octanol–water partition coefficient (Wildman–Crippen LogP) is 2.00. The SMILES string of the molecule is Cc1cnn(C)c1S(=O)(=O)N1CCC(c2ccc(O)cc2)CC1. The molecule has 1 saturated heterocycles. The number of piperidine rings is 1.